The third kappa shape index (κ3) is 3.21. The van der Waals surface area contributed by atoms with E-state index < -0.39 is 6.10 Å². The van der Waals surface area contributed by atoms with Crippen molar-refractivity contribution in [2.24, 2.45) is 0 Å². The molecule has 2 rings (SSSR count). The highest BCUT2D eigenvalue weighted by Crippen LogP contribution is 2.31. The van der Waals surface area contributed by atoms with E-state index in [4.69, 9.17) is 4.42 Å². The first-order valence-electron chi connectivity index (χ1n) is 8.05. The van der Waals surface area contributed by atoms with Crippen molar-refractivity contribution >= 4 is 0 Å². The van der Waals surface area contributed by atoms with Gasteiger partial charge in [0, 0.05) is 6.42 Å². The van der Waals surface area contributed by atoms with Crippen LogP contribution < -0.4 is 0 Å². The summed E-state index contributed by atoms with van der Waals surface area (Å²) in [6.45, 7) is 8.51. The third-order valence-electron chi connectivity index (χ3n) is 4.16. The molecule has 1 unspecified atom stereocenters. The molecule has 0 radical (unpaired) electrons. The quantitative estimate of drug-likeness (QED) is 0.841. The summed E-state index contributed by atoms with van der Waals surface area (Å²) in [7, 11) is 0. The molecule has 1 heterocycles. The maximum absolute atomic E-state index is 10.8. The van der Waals surface area contributed by atoms with Crippen LogP contribution in [0.5, 0.6) is 0 Å². The lowest BCUT2D eigenvalue weighted by Gasteiger charge is -2.19. The Balaban J connectivity index is 2.50. The SMILES string of the molecule is CCc1cc(CC)c(C(O)c2ccc(CC)o2)c(CC)c1. The van der Waals surface area contributed by atoms with Gasteiger partial charge < -0.3 is 9.52 Å². The molecule has 1 aromatic heterocycles. The van der Waals surface area contributed by atoms with Crippen molar-refractivity contribution in [2.45, 2.75) is 59.5 Å². The van der Waals surface area contributed by atoms with Crippen LogP contribution in [0.1, 0.15) is 67.6 Å². The molecule has 0 fully saturated rings. The first-order valence-corrected chi connectivity index (χ1v) is 8.05. The van der Waals surface area contributed by atoms with Crippen molar-refractivity contribution in [1.82, 2.24) is 0 Å². The van der Waals surface area contributed by atoms with Gasteiger partial charge in [-0.05, 0) is 53.6 Å². The van der Waals surface area contributed by atoms with Gasteiger partial charge in [0.25, 0.3) is 0 Å². The Morgan fingerprint density at radius 1 is 0.905 bits per heavy atom. The van der Waals surface area contributed by atoms with Crippen molar-refractivity contribution in [3.05, 3.63) is 58.0 Å². The summed E-state index contributed by atoms with van der Waals surface area (Å²) in [6, 6.07) is 8.30. The van der Waals surface area contributed by atoms with Crippen LogP contribution in [-0.2, 0) is 25.7 Å². The third-order valence-corrected chi connectivity index (χ3v) is 4.16. The van der Waals surface area contributed by atoms with E-state index in [9.17, 15) is 5.11 Å². The molecule has 1 atom stereocenters. The van der Waals surface area contributed by atoms with Gasteiger partial charge >= 0.3 is 0 Å². The van der Waals surface area contributed by atoms with Crippen molar-refractivity contribution < 1.29 is 9.52 Å². The Hall–Kier alpha value is -1.54. The summed E-state index contributed by atoms with van der Waals surface area (Å²) in [5.74, 6) is 1.57. The fourth-order valence-corrected chi connectivity index (χ4v) is 2.87. The van der Waals surface area contributed by atoms with Crippen LogP contribution in [0.2, 0.25) is 0 Å². The van der Waals surface area contributed by atoms with Gasteiger partial charge in [-0.15, -0.1) is 0 Å². The van der Waals surface area contributed by atoms with Crippen LogP contribution in [0.25, 0.3) is 0 Å². The molecule has 0 amide bonds. The maximum atomic E-state index is 10.8. The Labute approximate surface area is 127 Å². The van der Waals surface area contributed by atoms with Crippen LogP contribution in [0, 0.1) is 0 Å². The lowest BCUT2D eigenvalue weighted by atomic mass is 9.89. The van der Waals surface area contributed by atoms with Crippen molar-refractivity contribution in [2.75, 3.05) is 0 Å². The zero-order chi connectivity index (χ0) is 15.4. The predicted molar refractivity (Wildman–Crippen MR) is 86.7 cm³/mol. The minimum Gasteiger partial charge on any atom is -0.463 e. The molecule has 1 N–H and O–H groups in total. The Morgan fingerprint density at radius 2 is 1.52 bits per heavy atom. The van der Waals surface area contributed by atoms with E-state index in [2.05, 4.69) is 39.8 Å². The van der Waals surface area contributed by atoms with Crippen LogP contribution in [-0.4, -0.2) is 5.11 Å². The molecule has 21 heavy (non-hydrogen) atoms. The lowest BCUT2D eigenvalue weighted by molar-refractivity contribution is 0.185. The molecule has 2 nitrogen and oxygen atoms in total. The van der Waals surface area contributed by atoms with Gasteiger partial charge in [-0.2, -0.15) is 0 Å². The molecular weight excluding hydrogens is 260 g/mol. The van der Waals surface area contributed by atoms with Crippen LogP contribution in [0.15, 0.2) is 28.7 Å². The number of aliphatic hydroxyl groups excluding tert-OH is 1. The maximum Gasteiger partial charge on any atom is 0.137 e. The van der Waals surface area contributed by atoms with Gasteiger partial charge in [0.1, 0.15) is 17.6 Å². The van der Waals surface area contributed by atoms with Crippen molar-refractivity contribution in [3.63, 3.8) is 0 Å². The number of rotatable bonds is 6. The number of hydrogen-bond acceptors (Lipinski definition) is 2. The molecule has 1 aromatic carbocycles. The topological polar surface area (TPSA) is 33.4 Å². The van der Waals surface area contributed by atoms with Gasteiger partial charge in [0.05, 0.1) is 0 Å². The summed E-state index contributed by atoms with van der Waals surface area (Å²) in [4.78, 5) is 0. The molecule has 2 heteroatoms. The average molecular weight is 286 g/mol. The fourth-order valence-electron chi connectivity index (χ4n) is 2.87. The largest absolute Gasteiger partial charge is 0.463 e. The lowest BCUT2D eigenvalue weighted by Crippen LogP contribution is -2.08. The van der Waals surface area contributed by atoms with E-state index >= 15 is 0 Å². The average Bonchev–Trinajstić information content (AvgIpc) is 3.01. The Bertz CT molecular complexity index is 570. The van der Waals surface area contributed by atoms with Gasteiger partial charge in [0.2, 0.25) is 0 Å². The van der Waals surface area contributed by atoms with Gasteiger partial charge in [-0.1, -0.05) is 39.8 Å². The van der Waals surface area contributed by atoms with Gasteiger partial charge in [0.15, 0.2) is 0 Å². The summed E-state index contributed by atoms with van der Waals surface area (Å²) in [5.41, 5.74) is 4.84. The predicted octanol–water partition coefficient (Wildman–Crippen LogP) is 4.61. The molecule has 0 aliphatic rings. The summed E-state index contributed by atoms with van der Waals surface area (Å²) >= 11 is 0. The summed E-state index contributed by atoms with van der Waals surface area (Å²) < 4.78 is 5.75. The van der Waals surface area contributed by atoms with Crippen molar-refractivity contribution in [3.8, 4) is 0 Å². The Kier molecular flexibility index (Phi) is 5.24. The molecule has 0 bridgehead atoms. The molecular formula is C19H26O2. The number of benzene rings is 1. The van der Waals surface area contributed by atoms with E-state index in [0.717, 1.165) is 37.0 Å². The monoisotopic (exact) mass is 286 g/mol. The second-order valence-corrected chi connectivity index (χ2v) is 5.45. The number of aliphatic hydroxyl groups is 1. The highest BCUT2D eigenvalue weighted by Gasteiger charge is 2.21. The second-order valence-electron chi connectivity index (χ2n) is 5.45. The van der Waals surface area contributed by atoms with E-state index in [1.807, 2.05) is 12.1 Å². The summed E-state index contributed by atoms with van der Waals surface area (Å²) in [5, 5.41) is 10.8. The minimum atomic E-state index is -0.666. The highest BCUT2D eigenvalue weighted by atomic mass is 16.4. The molecule has 2 aromatic rings. The zero-order valence-corrected chi connectivity index (χ0v) is 13.6. The molecule has 0 saturated carbocycles. The highest BCUT2D eigenvalue weighted by molar-refractivity contribution is 5.43. The van der Waals surface area contributed by atoms with Crippen LogP contribution >= 0.6 is 0 Å². The smallest absolute Gasteiger partial charge is 0.137 e. The van der Waals surface area contributed by atoms with E-state index in [1.165, 1.54) is 16.7 Å². The molecule has 0 spiro atoms. The minimum absolute atomic E-state index is 0.653. The number of aryl methyl sites for hydroxylation is 4. The normalized spacial score (nSPS) is 12.6. The standard InChI is InChI=1S/C19H26O2/c1-5-13-11-14(6-2)18(15(7-3)12-13)19(20)17-10-9-16(8-4)21-17/h9-12,19-20H,5-8H2,1-4H3. The van der Waals surface area contributed by atoms with Crippen molar-refractivity contribution in [1.29, 1.82) is 0 Å². The molecule has 0 aliphatic carbocycles. The first kappa shape index (κ1) is 15.8. The molecule has 114 valence electrons. The van der Waals surface area contributed by atoms with E-state index in [-0.39, 0.29) is 0 Å². The van der Waals surface area contributed by atoms with Gasteiger partial charge in [-0.25, -0.2) is 0 Å². The molecule has 0 saturated heterocycles. The first-order chi connectivity index (χ1) is 10.1. The number of furan rings is 1. The summed E-state index contributed by atoms with van der Waals surface area (Å²) in [6.07, 6.45) is 3.06. The van der Waals surface area contributed by atoms with Crippen LogP contribution in [0.3, 0.4) is 0 Å². The van der Waals surface area contributed by atoms with E-state index in [1.54, 1.807) is 0 Å². The van der Waals surface area contributed by atoms with Crippen LogP contribution in [0.4, 0.5) is 0 Å². The molecule has 0 aliphatic heterocycles. The van der Waals surface area contributed by atoms with Gasteiger partial charge in [-0.3, -0.25) is 0 Å². The zero-order valence-electron chi connectivity index (χ0n) is 13.6. The Morgan fingerprint density at radius 3 is 1.95 bits per heavy atom. The second kappa shape index (κ2) is 6.95. The number of hydrogen-bond donors (Lipinski definition) is 1. The van der Waals surface area contributed by atoms with E-state index in [0.29, 0.717) is 5.76 Å². The fraction of sp³-hybridized carbons (Fsp3) is 0.474.